The van der Waals surface area contributed by atoms with Gasteiger partial charge in [-0.3, -0.25) is 0 Å². The molecule has 1 N–H and O–H groups in total. The van der Waals surface area contributed by atoms with Crippen molar-refractivity contribution in [2.75, 3.05) is 13.2 Å². The minimum Gasteiger partial charge on any atom is -0.381 e. The number of ether oxygens (including phenoxy) is 1. The van der Waals surface area contributed by atoms with E-state index < -0.39 is 0 Å². The average Bonchev–Trinajstić information content (AvgIpc) is 3.09. The second-order valence-corrected chi connectivity index (χ2v) is 5.32. The molecule has 2 heterocycles. The van der Waals surface area contributed by atoms with E-state index in [4.69, 9.17) is 9.26 Å². The first-order chi connectivity index (χ1) is 8.92. The fourth-order valence-electron chi connectivity index (χ4n) is 2.81. The molecule has 0 spiro atoms. The topological polar surface area (TPSA) is 60.2 Å². The van der Waals surface area contributed by atoms with Gasteiger partial charge in [0, 0.05) is 18.6 Å². The molecule has 3 rings (SSSR count). The van der Waals surface area contributed by atoms with E-state index in [2.05, 4.69) is 15.5 Å². The molecule has 0 aromatic carbocycles. The second kappa shape index (κ2) is 5.80. The first kappa shape index (κ1) is 12.1. The lowest BCUT2D eigenvalue weighted by Gasteiger charge is -2.18. The Morgan fingerprint density at radius 2 is 2.06 bits per heavy atom. The molecule has 1 saturated heterocycles. The molecule has 2 aliphatic rings. The van der Waals surface area contributed by atoms with Crippen LogP contribution in [0.5, 0.6) is 0 Å². The first-order valence-corrected chi connectivity index (χ1v) is 7.05. The van der Waals surface area contributed by atoms with Crippen molar-refractivity contribution >= 4 is 0 Å². The predicted octanol–water partition coefficient (Wildman–Crippen LogP) is 2.00. The Labute approximate surface area is 107 Å². The van der Waals surface area contributed by atoms with Crippen molar-refractivity contribution in [1.29, 1.82) is 0 Å². The molecule has 1 saturated carbocycles. The van der Waals surface area contributed by atoms with Crippen molar-refractivity contribution in [2.24, 2.45) is 0 Å². The molecular formula is C13H21N3O2. The van der Waals surface area contributed by atoms with Gasteiger partial charge in [0.15, 0.2) is 5.82 Å². The van der Waals surface area contributed by atoms with Gasteiger partial charge in [-0.1, -0.05) is 18.0 Å². The SMILES string of the molecule is C1CCC(NCc2nc(C3CCCOC3)no2)C1. The highest BCUT2D eigenvalue weighted by Gasteiger charge is 2.22. The summed E-state index contributed by atoms with van der Waals surface area (Å²) in [5, 5.41) is 7.57. The molecule has 1 unspecified atom stereocenters. The molecule has 1 aromatic rings. The zero-order chi connectivity index (χ0) is 12.2. The van der Waals surface area contributed by atoms with Gasteiger partial charge < -0.3 is 14.6 Å². The lowest BCUT2D eigenvalue weighted by Crippen LogP contribution is -2.25. The molecule has 18 heavy (non-hydrogen) atoms. The maximum absolute atomic E-state index is 5.45. The summed E-state index contributed by atoms with van der Waals surface area (Å²) in [6.07, 6.45) is 7.43. The Balaban J connectivity index is 1.52. The average molecular weight is 251 g/mol. The predicted molar refractivity (Wildman–Crippen MR) is 66.2 cm³/mol. The fourth-order valence-corrected chi connectivity index (χ4v) is 2.81. The smallest absolute Gasteiger partial charge is 0.240 e. The number of aromatic nitrogens is 2. The van der Waals surface area contributed by atoms with Crippen molar-refractivity contribution in [2.45, 2.75) is 57.0 Å². The minimum absolute atomic E-state index is 0.322. The first-order valence-electron chi connectivity index (χ1n) is 7.05. The Kier molecular flexibility index (Phi) is 3.90. The maximum atomic E-state index is 5.45. The van der Waals surface area contributed by atoms with E-state index in [1.807, 2.05) is 0 Å². The van der Waals surface area contributed by atoms with Gasteiger partial charge in [0.25, 0.3) is 0 Å². The van der Waals surface area contributed by atoms with Crippen molar-refractivity contribution in [3.05, 3.63) is 11.7 Å². The Morgan fingerprint density at radius 1 is 1.17 bits per heavy atom. The van der Waals surface area contributed by atoms with E-state index in [1.54, 1.807) is 0 Å². The minimum atomic E-state index is 0.322. The van der Waals surface area contributed by atoms with Gasteiger partial charge >= 0.3 is 0 Å². The van der Waals surface area contributed by atoms with Gasteiger partial charge in [0.05, 0.1) is 13.2 Å². The van der Waals surface area contributed by atoms with Crippen LogP contribution in [-0.2, 0) is 11.3 Å². The molecular weight excluding hydrogens is 230 g/mol. The van der Waals surface area contributed by atoms with Crippen LogP contribution in [0.2, 0.25) is 0 Å². The molecule has 1 aromatic heterocycles. The van der Waals surface area contributed by atoms with Crippen molar-refractivity contribution < 1.29 is 9.26 Å². The van der Waals surface area contributed by atoms with Crippen molar-refractivity contribution in [3.63, 3.8) is 0 Å². The van der Waals surface area contributed by atoms with E-state index in [-0.39, 0.29) is 0 Å². The molecule has 1 aliphatic heterocycles. The van der Waals surface area contributed by atoms with Gasteiger partial charge in [-0.15, -0.1) is 0 Å². The standard InChI is InChI=1S/C13H21N3O2/c1-2-6-11(5-1)14-8-12-15-13(16-18-12)10-4-3-7-17-9-10/h10-11,14H,1-9H2. The summed E-state index contributed by atoms with van der Waals surface area (Å²) in [4.78, 5) is 4.47. The fraction of sp³-hybridized carbons (Fsp3) is 0.846. The Morgan fingerprint density at radius 3 is 2.83 bits per heavy atom. The van der Waals surface area contributed by atoms with Crippen LogP contribution in [0, 0.1) is 0 Å². The van der Waals surface area contributed by atoms with Gasteiger partial charge in [-0.2, -0.15) is 4.98 Å². The molecule has 100 valence electrons. The molecule has 0 radical (unpaired) electrons. The highest BCUT2D eigenvalue weighted by Crippen LogP contribution is 2.23. The Hall–Kier alpha value is -0.940. The molecule has 1 atom stereocenters. The summed E-state index contributed by atoms with van der Waals surface area (Å²) in [7, 11) is 0. The van der Waals surface area contributed by atoms with Crippen LogP contribution in [0.3, 0.4) is 0 Å². The lowest BCUT2D eigenvalue weighted by atomic mass is 10.0. The van der Waals surface area contributed by atoms with Gasteiger partial charge in [0.2, 0.25) is 5.89 Å². The summed E-state index contributed by atoms with van der Waals surface area (Å²) in [5.74, 6) is 1.85. The van der Waals surface area contributed by atoms with E-state index in [0.717, 1.165) is 31.9 Å². The van der Waals surface area contributed by atoms with Crippen LogP contribution in [0.25, 0.3) is 0 Å². The lowest BCUT2D eigenvalue weighted by molar-refractivity contribution is 0.0773. The zero-order valence-corrected chi connectivity index (χ0v) is 10.7. The summed E-state index contributed by atoms with van der Waals surface area (Å²) < 4.78 is 10.7. The molecule has 0 amide bonds. The number of hydrogen-bond acceptors (Lipinski definition) is 5. The largest absolute Gasteiger partial charge is 0.381 e. The Bertz CT molecular complexity index is 368. The number of rotatable bonds is 4. The normalized spacial score (nSPS) is 25.7. The molecule has 2 fully saturated rings. The van der Waals surface area contributed by atoms with Crippen molar-refractivity contribution in [3.8, 4) is 0 Å². The second-order valence-electron chi connectivity index (χ2n) is 5.32. The summed E-state index contributed by atoms with van der Waals surface area (Å²) >= 11 is 0. The highest BCUT2D eigenvalue weighted by molar-refractivity contribution is 4.96. The maximum Gasteiger partial charge on any atom is 0.240 e. The third-order valence-corrected chi connectivity index (χ3v) is 3.91. The quantitative estimate of drug-likeness (QED) is 0.886. The summed E-state index contributed by atoms with van der Waals surface area (Å²) in [6, 6.07) is 0.637. The molecule has 0 bridgehead atoms. The van der Waals surface area contributed by atoms with Crippen LogP contribution >= 0.6 is 0 Å². The summed E-state index contributed by atoms with van der Waals surface area (Å²) in [5.41, 5.74) is 0. The molecule has 5 nitrogen and oxygen atoms in total. The van der Waals surface area contributed by atoms with E-state index in [0.29, 0.717) is 24.4 Å². The van der Waals surface area contributed by atoms with Gasteiger partial charge in [0.1, 0.15) is 0 Å². The van der Waals surface area contributed by atoms with Gasteiger partial charge in [-0.05, 0) is 25.7 Å². The van der Waals surface area contributed by atoms with Crippen LogP contribution in [0.15, 0.2) is 4.52 Å². The molecule has 1 aliphatic carbocycles. The zero-order valence-electron chi connectivity index (χ0n) is 10.7. The number of nitrogens with zero attached hydrogens (tertiary/aromatic N) is 2. The van der Waals surface area contributed by atoms with Crippen LogP contribution < -0.4 is 5.32 Å². The third-order valence-electron chi connectivity index (χ3n) is 3.91. The summed E-state index contributed by atoms with van der Waals surface area (Å²) in [6.45, 7) is 2.30. The number of nitrogens with one attached hydrogen (secondary N) is 1. The van der Waals surface area contributed by atoms with E-state index >= 15 is 0 Å². The molecule has 5 heteroatoms. The van der Waals surface area contributed by atoms with Gasteiger partial charge in [-0.25, -0.2) is 0 Å². The third kappa shape index (κ3) is 2.90. The van der Waals surface area contributed by atoms with Crippen LogP contribution in [-0.4, -0.2) is 29.4 Å². The van der Waals surface area contributed by atoms with E-state index in [1.165, 1.54) is 25.7 Å². The number of hydrogen-bond donors (Lipinski definition) is 1. The van der Waals surface area contributed by atoms with Crippen LogP contribution in [0.4, 0.5) is 0 Å². The van der Waals surface area contributed by atoms with Crippen LogP contribution in [0.1, 0.15) is 56.2 Å². The highest BCUT2D eigenvalue weighted by atomic mass is 16.5. The monoisotopic (exact) mass is 251 g/mol. The van der Waals surface area contributed by atoms with E-state index in [9.17, 15) is 0 Å². The van der Waals surface area contributed by atoms with Crippen molar-refractivity contribution in [1.82, 2.24) is 15.5 Å².